The molecule has 0 amide bonds. The van der Waals surface area contributed by atoms with Crippen molar-refractivity contribution in [3.05, 3.63) is 33.6 Å². The first kappa shape index (κ1) is 17.7. The lowest BCUT2D eigenvalue weighted by Crippen LogP contribution is -2.39. The summed E-state index contributed by atoms with van der Waals surface area (Å²) in [5.41, 5.74) is 0.704. The van der Waals surface area contributed by atoms with Crippen LogP contribution >= 0.6 is 23.2 Å². The molecule has 1 rings (SSSR count). The SMILES string of the molecule is CCOCC(NC(C)c1cc(F)c(Cl)cc1Cl)C(C)C. The van der Waals surface area contributed by atoms with Gasteiger partial charge in [0.1, 0.15) is 5.82 Å². The van der Waals surface area contributed by atoms with Crippen LogP contribution in [0.4, 0.5) is 4.39 Å². The van der Waals surface area contributed by atoms with Crippen LogP contribution in [0.15, 0.2) is 12.1 Å². The molecule has 0 fully saturated rings. The van der Waals surface area contributed by atoms with E-state index >= 15 is 0 Å². The molecule has 0 saturated heterocycles. The van der Waals surface area contributed by atoms with E-state index in [-0.39, 0.29) is 17.1 Å². The second kappa shape index (κ2) is 8.18. The lowest BCUT2D eigenvalue weighted by atomic mass is 10.0. The van der Waals surface area contributed by atoms with Crippen molar-refractivity contribution in [3.8, 4) is 0 Å². The van der Waals surface area contributed by atoms with Crippen LogP contribution in [0.2, 0.25) is 10.0 Å². The number of rotatable bonds is 7. The molecule has 114 valence electrons. The van der Waals surface area contributed by atoms with E-state index in [0.29, 0.717) is 29.7 Å². The predicted octanol–water partition coefficient (Wildman–Crippen LogP) is 4.84. The molecule has 2 unspecified atom stereocenters. The smallest absolute Gasteiger partial charge is 0.142 e. The molecule has 0 radical (unpaired) electrons. The predicted molar refractivity (Wildman–Crippen MR) is 83.1 cm³/mol. The van der Waals surface area contributed by atoms with Crippen LogP contribution in [0, 0.1) is 11.7 Å². The molecule has 2 nitrogen and oxygen atoms in total. The van der Waals surface area contributed by atoms with Crippen LogP contribution < -0.4 is 5.32 Å². The highest BCUT2D eigenvalue weighted by Gasteiger charge is 2.19. The van der Waals surface area contributed by atoms with Gasteiger partial charge in [0.2, 0.25) is 0 Å². The summed E-state index contributed by atoms with van der Waals surface area (Å²) >= 11 is 11.9. The molecule has 0 aliphatic carbocycles. The van der Waals surface area contributed by atoms with Gasteiger partial charge in [-0.15, -0.1) is 0 Å². The minimum Gasteiger partial charge on any atom is -0.380 e. The molecule has 1 aromatic carbocycles. The van der Waals surface area contributed by atoms with Gasteiger partial charge in [0.15, 0.2) is 0 Å². The van der Waals surface area contributed by atoms with E-state index in [4.69, 9.17) is 27.9 Å². The summed E-state index contributed by atoms with van der Waals surface area (Å²) < 4.78 is 19.1. The molecule has 2 atom stereocenters. The van der Waals surface area contributed by atoms with Crippen molar-refractivity contribution in [1.29, 1.82) is 0 Å². The molecule has 0 saturated carbocycles. The number of hydrogen-bond acceptors (Lipinski definition) is 2. The first-order valence-electron chi connectivity index (χ1n) is 6.85. The summed E-state index contributed by atoms with van der Waals surface area (Å²) in [7, 11) is 0. The third-order valence-corrected chi connectivity index (χ3v) is 3.89. The summed E-state index contributed by atoms with van der Waals surface area (Å²) in [5.74, 6) is -0.0504. The van der Waals surface area contributed by atoms with E-state index < -0.39 is 5.82 Å². The van der Waals surface area contributed by atoms with Crippen LogP contribution in [0.25, 0.3) is 0 Å². The van der Waals surface area contributed by atoms with Gasteiger partial charge in [-0.3, -0.25) is 0 Å². The molecule has 1 N–H and O–H groups in total. The largest absolute Gasteiger partial charge is 0.380 e. The molecular formula is C15H22Cl2FNO. The fourth-order valence-corrected chi connectivity index (χ4v) is 2.51. The van der Waals surface area contributed by atoms with Crippen LogP contribution in [0.3, 0.4) is 0 Å². The lowest BCUT2D eigenvalue weighted by Gasteiger charge is -2.27. The Morgan fingerprint density at radius 1 is 1.20 bits per heavy atom. The molecule has 0 bridgehead atoms. The lowest BCUT2D eigenvalue weighted by molar-refractivity contribution is 0.104. The highest BCUT2D eigenvalue weighted by Crippen LogP contribution is 2.29. The first-order valence-corrected chi connectivity index (χ1v) is 7.60. The minimum atomic E-state index is -0.453. The van der Waals surface area contributed by atoms with E-state index in [1.54, 1.807) is 0 Å². The Morgan fingerprint density at radius 3 is 2.40 bits per heavy atom. The Balaban J connectivity index is 2.83. The van der Waals surface area contributed by atoms with Gasteiger partial charge in [-0.25, -0.2) is 4.39 Å². The Morgan fingerprint density at radius 2 is 1.85 bits per heavy atom. The zero-order valence-corrected chi connectivity index (χ0v) is 13.9. The van der Waals surface area contributed by atoms with Crippen LogP contribution in [-0.2, 0) is 4.74 Å². The monoisotopic (exact) mass is 321 g/mol. The Labute approximate surface area is 130 Å². The summed E-state index contributed by atoms with van der Waals surface area (Å²) in [5, 5.41) is 3.95. The van der Waals surface area contributed by atoms with Gasteiger partial charge in [-0.05, 0) is 37.5 Å². The molecule has 20 heavy (non-hydrogen) atoms. The van der Waals surface area contributed by atoms with Crippen molar-refractivity contribution in [2.45, 2.75) is 39.8 Å². The fraction of sp³-hybridized carbons (Fsp3) is 0.600. The molecule has 0 aliphatic rings. The molecule has 0 heterocycles. The fourth-order valence-electron chi connectivity index (χ4n) is 1.96. The second-order valence-corrected chi connectivity index (χ2v) is 6.00. The third-order valence-electron chi connectivity index (χ3n) is 3.28. The summed E-state index contributed by atoms with van der Waals surface area (Å²) in [6.07, 6.45) is 0. The van der Waals surface area contributed by atoms with Gasteiger partial charge in [-0.2, -0.15) is 0 Å². The average molecular weight is 322 g/mol. The zero-order valence-electron chi connectivity index (χ0n) is 12.3. The van der Waals surface area contributed by atoms with Crippen molar-refractivity contribution >= 4 is 23.2 Å². The van der Waals surface area contributed by atoms with E-state index in [0.717, 1.165) is 0 Å². The number of hydrogen-bond donors (Lipinski definition) is 1. The van der Waals surface area contributed by atoms with Gasteiger partial charge in [-0.1, -0.05) is 37.0 Å². The molecule has 0 aliphatic heterocycles. The number of halogens is 3. The maximum atomic E-state index is 13.6. The normalized spacial score (nSPS) is 14.6. The van der Waals surface area contributed by atoms with Crippen molar-refractivity contribution < 1.29 is 9.13 Å². The highest BCUT2D eigenvalue weighted by molar-refractivity contribution is 6.35. The Kier molecular flexibility index (Phi) is 7.24. The number of nitrogens with one attached hydrogen (secondary N) is 1. The summed E-state index contributed by atoms with van der Waals surface area (Å²) in [6, 6.07) is 2.93. The number of benzene rings is 1. The van der Waals surface area contributed by atoms with Crippen LogP contribution in [0.5, 0.6) is 0 Å². The van der Waals surface area contributed by atoms with Crippen molar-refractivity contribution in [3.63, 3.8) is 0 Å². The maximum absolute atomic E-state index is 13.6. The van der Waals surface area contributed by atoms with Gasteiger partial charge >= 0.3 is 0 Å². The number of ether oxygens (including phenoxy) is 1. The minimum absolute atomic E-state index is 0.0423. The summed E-state index contributed by atoms with van der Waals surface area (Å²) in [4.78, 5) is 0. The molecule has 0 aromatic heterocycles. The van der Waals surface area contributed by atoms with Crippen molar-refractivity contribution in [2.24, 2.45) is 5.92 Å². The van der Waals surface area contributed by atoms with E-state index in [1.165, 1.54) is 12.1 Å². The van der Waals surface area contributed by atoms with Gasteiger partial charge in [0, 0.05) is 23.7 Å². The van der Waals surface area contributed by atoms with Crippen LogP contribution in [-0.4, -0.2) is 19.3 Å². The first-order chi connectivity index (χ1) is 9.36. The highest BCUT2D eigenvalue weighted by atomic mass is 35.5. The Bertz CT molecular complexity index is 440. The van der Waals surface area contributed by atoms with Crippen molar-refractivity contribution in [1.82, 2.24) is 5.32 Å². The summed E-state index contributed by atoms with van der Waals surface area (Å²) in [6.45, 7) is 9.45. The van der Waals surface area contributed by atoms with Gasteiger partial charge in [0.25, 0.3) is 0 Å². The van der Waals surface area contributed by atoms with Gasteiger partial charge < -0.3 is 10.1 Å². The zero-order chi connectivity index (χ0) is 15.3. The molecule has 0 spiro atoms. The standard InChI is InChI=1S/C15H22Cl2FNO/c1-5-20-8-15(9(2)3)19-10(4)11-6-14(18)13(17)7-12(11)16/h6-7,9-10,15,19H,5,8H2,1-4H3. The Hall–Kier alpha value is -0.350. The van der Waals surface area contributed by atoms with E-state index in [2.05, 4.69) is 19.2 Å². The third kappa shape index (κ3) is 4.88. The quantitative estimate of drug-likeness (QED) is 0.725. The van der Waals surface area contributed by atoms with E-state index in [9.17, 15) is 4.39 Å². The van der Waals surface area contributed by atoms with Crippen molar-refractivity contribution in [2.75, 3.05) is 13.2 Å². The average Bonchev–Trinajstić information content (AvgIpc) is 2.38. The molecule has 5 heteroatoms. The molecule has 1 aromatic rings. The van der Waals surface area contributed by atoms with Gasteiger partial charge in [0.05, 0.1) is 11.6 Å². The maximum Gasteiger partial charge on any atom is 0.142 e. The molecular weight excluding hydrogens is 300 g/mol. The second-order valence-electron chi connectivity index (χ2n) is 5.19. The van der Waals surface area contributed by atoms with E-state index in [1.807, 2.05) is 13.8 Å². The van der Waals surface area contributed by atoms with Crippen LogP contribution in [0.1, 0.15) is 39.3 Å². The topological polar surface area (TPSA) is 21.3 Å².